The third kappa shape index (κ3) is 4.15. The van der Waals surface area contributed by atoms with E-state index in [9.17, 15) is 0 Å². The molecule has 0 bridgehead atoms. The van der Waals surface area contributed by atoms with Crippen LogP contribution in [0.4, 0.5) is 0 Å². The van der Waals surface area contributed by atoms with E-state index in [1.807, 2.05) is 42.5 Å². The maximum Gasteiger partial charge on any atom is 0.154 e. The molecule has 1 aliphatic carbocycles. The summed E-state index contributed by atoms with van der Waals surface area (Å²) in [4.78, 5) is 10.1. The Balaban J connectivity index is 1.47. The first-order valence-corrected chi connectivity index (χ1v) is 14.5. The summed E-state index contributed by atoms with van der Waals surface area (Å²) in [5, 5.41) is 6.14. The van der Waals surface area contributed by atoms with E-state index >= 15 is 0 Å². The molecule has 1 aliphatic rings. The van der Waals surface area contributed by atoms with Crippen molar-refractivity contribution >= 4 is 55.3 Å². The molecule has 4 nitrogen and oxygen atoms in total. The van der Waals surface area contributed by atoms with Crippen LogP contribution in [-0.2, 0) is 0 Å². The molecule has 0 saturated carbocycles. The van der Waals surface area contributed by atoms with Gasteiger partial charge in [0, 0.05) is 39.7 Å². The monoisotopic (exact) mass is 552 g/mol. The quantitative estimate of drug-likeness (QED) is 0.152. The number of benzene rings is 4. The van der Waals surface area contributed by atoms with Gasteiger partial charge in [-0.3, -0.25) is 4.57 Å². The van der Waals surface area contributed by atoms with Gasteiger partial charge in [-0.1, -0.05) is 104 Å². The fourth-order valence-electron chi connectivity index (χ4n) is 6.24. The average Bonchev–Trinajstić information content (AvgIpc) is 3.51. The van der Waals surface area contributed by atoms with Gasteiger partial charge >= 0.3 is 0 Å². The third-order valence-electron chi connectivity index (χ3n) is 8.10. The molecule has 0 saturated heterocycles. The summed E-state index contributed by atoms with van der Waals surface area (Å²) in [5.74, 6) is 1.48. The number of nitrogens with zero attached hydrogens (tertiary/aromatic N) is 4. The smallest absolute Gasteiger partial charge is 0.154 e. The lowest BCUT2D eigenvalue weighted by molar-refractivity contribution is 1.03. The van der Waals surface area contributed by atoms with Crippen LogP contribution in [0.25, 0.3) is 72.3 Å². The van der Waals surface area contributed by atoms with Crippen LogP contribution in [0.5, 0.6) is 0 Å². The molecular weight excluding hydrogens is 524 g/mol. The Kier molecular flexibility index (Phi) is 5.97. The van der Waals surface area contributed by atoms with Gasteiger partial charge in [-0.05, 0) is 53.6 Å². The van der Waals surface area contributed by atoms with E-state index < -0.39 is 0 Å². The first kappa shape index (κ1) is 25.0. The van der Waals surface area contributed by atoms with Crippen molar-refractivity contribution in [2.75, 3.05) is 0 Å². The highest BCUT2D eigenvalue weighted by molar-refractivity contribution is 6.30. The minimum absolute atomic E-state index is 0.648. The van der Waals surface area contributed by atoms with Gasteiger partial charge in [0.05, 0.1) is 22.2 Å². The van der Waals surface area contributed by atoms with Gasteiger partial charge in [-0.2, -0.15) is 0 Å². The summed E-state index contributed by atoms with van der Waals surface area (Å²) < 4.78 is 4.62. The van der Waals surface area contributed by atoms with E-state index in [1.165, 1.54) is 26.9 Å². The van der Waals surface area contributed by atoms with Gasteiger partial charge in [0.25, 0.3) is 0 Å². The molecule has 0 aliphatic heterocycles. The molecule has 0 atom stereocenters. The highest BCUT2D eigenvalue weighted by Gasteiger charge is 2.22. The van der Waals surface area contributed by atoms with Gasteiger partial charge in [0.1, 0.15) is 5.82 Å². The van der Waals surface area contributed by atoms with Crippen molar-refractivity contribution in [3.63, 3.8) is 0 Å². The number of fused-ring (bicyclic) bond motifs is 2. The normalized spacial score (nSPS) is 13.8. The summed E-state index contributed by atoms with van der Waals surface area (Å²) >= 11 is 0. The summed E-state index contributed by atoms with van der Waals surface area (Å²) in [6, 6.07) is 28.0. The Morgan fingerprint density at radius 2 is 1.67 bits per heavy atom. The van der Waals surface area contributed by atoms with Gasteiger partial charge in [-0.15, -0.1) is 0 Å². The molecule has 0 unspecified atom stereocenters. The van der Waals surface area contributed by atoms with E-state index in [0.717, 1.165) is 45.7 Å². The maximum absolute atomic E-state index is 5.14. The predicted octanol–water partition coefficient (Wildman–Crippen LogP) is 9.90. The van der Waals surface area contributed by atoms with Crippen LogP contribution in [0, 0.1) is 0 Å². The summed E-state index contributed by atoms with van der Waals surface area (Å²) in [6.07, 6.45) is 23.5. The largest absolute Gasteiger partial charge is 0.316 e. The standard InChI is InChI=1S/C39H28N4/c1-2-3-4-12-20-35-40-32(27-14-8-7-9-15-27)26-36(41-35)43-33-19-13-16-28-21-22-29-25-34-31(39(43)38(29)37(28)33)23-24-42(34)30-17-10-5-6-11-18-30/h2-5,7-26H,1,6H2/b4-3-,20-12+. The van der Waals surface area contributed by atoms with Crippen LogP contribution in [0.1, 0.15) is 12.2 Å². The lowest BCUT2D eigenvalue weighted by Gasteiger charge is -2.12. The SMILES string of the molecule is C=C/C=C\C=C\c1nc(-c2ccccc2)cc(-n2c3cccc4ccc5cc6c(ccn6C6=CC=CCC=C6)c2c5c43)n1. The lowest BCUT2D eigenvalue weighted by atomic mass is 10.0. The lowest BCUT2D eigenvalue weighted by Crippen LogP contribution is -2.02. The fourth-order valence-corrected chi connectivity index (χ4v) is 6.24. The van der Waals surface area contributed by atoms with Crippen molar-refractivity contribution in [1.82, 2.24) is 19.1 Å². The van der Waals surface area contributed by atoms with Crippen molar-refractivity contribution in [2.45, 2.75) is 6.42 Å². The first-order valence-electron chi connectivity index (χ1n) is 14.5. The van der Waals surface area contributed by atoms with Crippen LogP contribution in [0.3, 0.4) is 0 Å². The predicted molar refractivity (Wildman–Crippen MR) is 182 cm³/mol. The Hall–Kier alpha value is -5.74. The molecule has 8 rings (SSSR count). The number of aromatic nitrogens is 4. The van der Waals surface area contributed by atoms with Crippen molar-refractivity contribution in [3.05, 3.63) is 152 Å². The van der Waals surface area contributed by atoms with Crippen LogP contribution < -0.4 is 0 Å². The second kappa shape index (κ2) is 10.3. The molecule has 0 radical (unpaired) electrons. The second-order valence-electron chi connectivity index (χ2n) is 10.7. The average molecular weight is 553 g/mol. The molecule has 0 spiro atoms. The van der Waals surface area contributed by atoms with Crippen molar-refractivity contribution < 1.29 is 0 Å². The summed E-state index contributed by atoms with van der Waals surface area (Å²) in [7, 11) is 0. The molecule has 204 valence electrons. The fraction of sp³-hybridized carbons (Fsp3) is 0.0256. The molecule has 0 amide bonds. The highest BCUT2D eigenvalue weighted by atomic mass is 15.1. The maximum atomic E-state index is 5.14. The Morgan fingerprint density at radius 3 is 2.58 bits per heavy atom. The van der Waals surface area contributed by atoms with Gasteiger partial charge < -0.3 is 4.57 Å². The van der Waals surface area contributed by atoms with E-state index in [-0.39, 0.29) is 0 Å². The molecule has 3 heterocycles. The molecule has 43 heavy (non-hydrogen) atoms. The zero-order chi connectivity index (χ0) is 28.8. The van der Waals surface area contributed by atoms with Crippen molar-refractivity contribution in [1.29, 1.82) is 0 Å². The van der Waals surface area contributed by atoms with Gasteiger partial charge in [0.2, 0.25) is 0 Å². The minimum Gasteiger partial charge on any atom is -0.316 e. The molecule has 4 aromatic carbocycles. The molecule has 3 aromatic heterocycles. The van der Waals surface area contributed by atoms with E-state index in [2.05, 4.69) is 113 Å². The van der Waals surface area contributed by atoms with Crippen LogP contribution in [-0.4, -0.2) is 19.1 Å². The zero-order valence-corrected chi connectivity index (χ0v) is 23.6. The zero-order valence-electron chi connectivity index (χ0n) is 23.6. The van der Waals surface area contributed by atoms with Gasteiger partial charge in [-0.25, -0.2) is 9.97 Å². The molecule has 0 fully saturated rings. The molecule has 7 aromatic rings. The van der Waals surface area contributed by atoms with Crippen LogP contribution in [0.15, 0.2) is 146 Å². The number of hydrogen-bond donors (Lipinski definition) is 0. The summed E-state index contributed by atoms with van der Waals surface area (Å²) in [6.45, 7) is 3.77. The first-order chi connectivity index (χ1) is 21.3. The Bertz CT molecular complexity index is 2320. The second-order valence-corrected chi connectivity index (χ2v) is 10.7. The molecule has 4 heteroatoms. The van der Waals surface area contributed by atoms with E-state index in [1.54, 1.807) is 6.08 Å². The number of rotatable bonds is 6. The van der Waals surface area contributed by atoms with Crippen molar-refractivity contribution in [3.8, 4) is 17.1 Å². The molecule has 0 N–H and O–H groups in total. The van der Waals surface area contributed by atoms with Crippen LogP contribution >= 0.6 is 0 Å². The molecular formula is C39H28N4. The van der Waals surface area contributed by atoms with E-state index in [0.29, 0.717) is 5.82 Å². The third-order valence-corrected chi connectivity index (χ3v) is 8.10. The van der Waals surface area contributed by atoms with E-state index in [4.69, 9.17) is 9.97 Å². The van der Waals surface area contributed by atoms with Crippen molar-refractivity contribution in [2.24, 2.45) is 0 Å². The minimum atomic E-state index is 0.648. The Labute approximate surface area is 249 Å². The van der Waals surface area contributed by atoms with Crippen LogP contribution in [0.2, 0.25) is 0 Å². The number of hydrogen-bond acceptors (Lipinski definition) is 2. The van der Waals surface area contributed by atoms with Gasteiger partial charge in [0.15, 0.2) is 5.82 Å². The Morgan fingerprint density at radius 1 is 0.767 bits per heavy atom. The number of allylic oxidation sites excluding steroid dienone is 10. The topological polar surface area (TPSA) is 35.6 Å². The highest BCUT2D eigenvalue weighted by Crippen LogP contribution is 2.43. The summed E-state index contributed by atoms with van der Waals surface area (Å²) in [5.41, 5.74) is 6.53.